The highest BCUT2D eigenvalue weighted by Crippen LogP contribution is 2.45. The maximum absolute atomic E-state index is 12.6. The van der Waals surface area contributed by atoms with Crippen molar-refractivity contribution in [3.8, 4) is 23.0 Å². The highest BCUT2D eigenvalue weighted by atomic mass is 16.6. The van der Waals surface area contributed by atoms with Gasteiger partial charge in [-0.05, 0) is 61.8 Å². The van der Waals surface area contributed by atoms with Crippen molar-refractivity contribution in [1.29, 1.82) is 0 Å². The van der Waals surface area contributed by atoms with Gasteiger partial charge in [0, 0.05) is 22.3 Å². The van der Waals surface area contributed by atoms with Crippen LogP contribution in [0.3, 0.4) is 0 Å². The van der Waals surface area contributed by atoms with Gasteiger partial charge in [0.2, 0.25) is 0 Å². The number of carbonyl (C=O) groups is 2. The SMILES string of the molecule is Cc1cc(C(C)C(=O)OCCOCCOCCOC(=O)C(C)c2cc(C)c(O)c(C(C)(C)C)c2O)c(O)c(C(C)(C)C)c1O. The lowest BCUT2D eigenvalue weighted by Gasteiger charge is -2.26. The van der Waals surface area contributed by atoms with E-state index in [0.29, 0.717) is 33.4 Å². The lowest BCUT2D eigenvalue weighted by Crippen LogP contribution is -2.20. The standard InChI is InChI=1S/C34H50O10/c1-19-17-23(29(37)25(27(19)35)33(5,6)7)21(3)31(39)43-15-13-41-11-12-42-14-16-44-32(40)22(4)24-18-20(2)28(36)26(30(24)38)34(8,9)10/h17-18,21-22,35-38H,11-16H2,1-10H3. The van der Waals surface area contributed by atoms with Crippen LogP contribution < -0.4 is 0 Å². The summed E-state index contributed by atoms with van der Waals surface area (Å²) in [6.07, 6.45) is 0. The van der Waals surface area contributed by atoms with Gasteiger partial charge in [0.1, 0.15) is 36.2 Å². The molecule has 0 saturated carbocycles. The van der Waals surface area contributed by atoms with E-state index in [0.717, 1.165) is 0 Å². The molecular formula is C34H50O10. The molecule has 0 heterocycles. The molecule has 0 bridgehead atoms. The van der Waals surface area contributed by atoms with Crippen molar-refractivity contribution in [3.05, 3.63) is 45.5 Å². The van der Waals surface area contributed by atoms with Gasteiger partial charge in [-0.2, -0.15) is 0 Å². The molecule has 2 atom stereocenters. The summed E-state index contributed by atoms with van der Waals surface area (Å²) in [5.74, 6) is -2.72. The van der Waals surface area contributed by atoms with Crippen LogP contribution in [0.4, 0.5) is 0 Å². The summed E-state index contributed by atoms with van der Waals surface area (Å²) in [6.45, 7) is 18.8. The number of hydrogen-bond donors (Lipinski definition) is 4. The van der Waals surface area contributed by atoms with Crippen LogP contribution in [0, 0.1) is 13.8 Å². The summed E-state index contributed by atoms with van der Waals surface area (Å²) in [4.78, 5) is 25.2. The van der Waals surface area contributed by atoms with Crippen molar-refractivity contribution in [1.82, 2.24) is 0 Å². The van der Waals surface area contributed by atoms with Crippen LogP contribution in [0.15, 0.2) is 12.1 Å². The van der Waals surface area contributed by atoms with E-state index in [1.807, 2.05) is 41.5 Å². The largest absolute Gasteiger partial charge is 0.507 e. The number of carbonyl (C=O) groups excluding carboxylic acids is 2. The average Bonchev–Trinajstić information content (AvgIpc) is 2.91. The van der Waals surface area contributed by atoms with E-state index in [1.54, 1.807) is 39.8 Å². The van der Waals surface area contributed by atoms with Crippen molar-refractivity contribution >= 4 is 11.9 Å². The lowest BCUT2D eigenvalue weighted by molar-refractivity contribution is -0.148. The molecule has 0 aliphatic rings. The van der Waals surface area contributed by atoms with Crippen LogP contribution in [0.2, 0.25) is 0 Å². The zero-order chi connectivity index (χ0) is 33.6. The van der Waals surface area contributed by atoms with Crippen molar-refractivity contribution in [2.24, 2.45) is 0 Å². The van der Waals surface area contributed by atoms with Crippen LogP contribution in [-0.4, -0.2) is 72.0 Å². The quantitative estimate of drug-likeness (QED) is 0.161. The Hall–Kier alpha value is -3.50. The highest BCUT2D eigenvalue weighted by molar-refractivity contribution is 5.80. The number of ether oxygens (including phenoxy) is 4. The highest BCUT2D eigenvalue weighted by Gasteiger charge is 2.31. The van der Waals surface area contributed by atoms with Gasteiger partial charge in [-0.25, -0.2) is 0 Å². The summed E-state index contributed by atoms with van der Waals surface area (Å²) in [5, 5.41) is 42.5. The van der Waals surface area contributed by atoms with Gasteiger partial charge < -0.3 is 39.4 Å². The van der Waals surface area contributed by atoms with E-state index >= 15 is 0 Å². The molecule has 2 aromatic carbocycles. The maximum Gasteiger partial charge on any atom is 0.313 e. The smallest absolute Gasteiger partial charge is 0.313 e. The Morgan fingerprint density at radius 2 is 0.886 bits per heavy atom. The van der Waals surface area contributed by atoms with Gasteiger partial charge >= 0.3 is 11.9 Å². The first-order valence-electron chi connectivity index (χ1n) is 14.9. The Morgan fingerprint density at radius 1 is 0.591 bits per heavy atom. The van der Waals surface area contributed by atoms with Gasteiger partial charge in [-0.15, -0.1) is 0 Å². The minimum absolute atomic E-state index is 0.0156. The van der Waals surface area contributed by atoms with Crippen LogP contribution >= 0.6 is 0 Å². The first-order valence-corrected chi connectivity index (χ1v) is 14.9. The Balaban J connectivity index is 1.72. The third-order valence-electron chi connectivity index (χ3n) is 7.44. The van der Waals surface area contributed by atoms with Crippen LogP contribution in [0.5, 0.6) is 23.0 Å². The Kier molecular flexibility index (Phi) is 12.5. The normalized spacial score (nSPS) is 13.4. The second-order valence-electron chi connectivity index (χ2n) is 13.2. The second kappa shape index (κ2) is 15.0. The van der Waals surface area contributed by atoms with Crippen molar-refractivity contribution in [2.45, 2.75) is 91.9 Å². The van der Waals surface area contributed by atoms with Crippen LogP contribution in [-0.2, 0) is 39.4 Å². The van der Waals surface area contributed by atoms with Crippen molar-refractivity contribution < 1.29 is 49.0 Å². The Bertz CT molecular complexity index is 1220. The molecule has 0 spiro atoms. The molecule has 10 heteroatoms. The monoisotopic (exact) mass is 618 g/mol. The molecule has 0 aromatic heterocycles. The summed E-state index contributed by atoms with van der Waals surface area (Å²) >= 11 is 0. The molecule has 0 radical (unpaired) electrons. The van der Waals surface area contributed by atoms with Gasteiger partial charge in [-0.1, -0.05) is 41.5 Å². The molecule has 246 valence electrons. The molecule has 0 aliphatic heterocycles. The molecule has 2 rings (SSSR count). The summed E-state index contributed by atoms with van der Waals surface area (Å²) in [7, 11) is 0. The first kappa shape index (κ1) is 36.7. The van der Waals surface area contributed by atoms with Gasteiger partial charge in [-0.3, -0.25) is 9.59 Å². The number of benzene rings is 2. The number of phenols is 4. The van der Waals surface area contributed by atoms with E-state index in [1.165, 1.54) is 0 Å². The molecular weight excluding hydrogens is 568 g/mol. The van der Waals surface area contributed by atoms with E-state index in [9.17, 15) is 30.0 Å². The zero-order valence-electron chi connectivity index (χ0n) is 27.8. The average molecular weight is 619 g/mol. The zero-order valence-corrected chi connectivity index (χ0v) is 27.8. The minimum atomic E-state index is -0.744. The summed E-state index contributed by atoms with van der Waals surface area (Å²) in [6, 6.07) is 3.19. The summed E-state index contributed by atoms with van der Waals surface area (Å²) < 4.78 is 21.5. The Labute approximate surface area is 260 Å². The lowest BCUT2D eigenvalue weighted by atomic mass is 9.81. The number of phenolic OH excluding ortho intramolecular Hbond substituents is 4. The topological polar surface area (TPSA) is 152 Å². The van der Waals surface area contributed by atoms with E-state index in [4.69, 9.17) is 18.9 Å². The minimum Gasteiger partial charge on any atom is -0.507 e. The number of hydrogen-bond acceptors (Lipinski definition) is 10. The number of aryl methyl sites for hydroxylation is 2. The molecule has 0 amide bonds. The molecule has 0 aliphatic carbocycles. The number of esters is 2. The molecule has 0 saturated heterocycles. The third-order valence-corrected chi connectivity index (χ3v) is 7.44. The van der Waals surface area contributed by atoms with Crippen molar-refractivity contribution in [3.63, 3.8) is 0 Å². The van der Waals surface area contributed by atoms with Gasteiger partial charge in [0.25, 0.3) is 0 Å². The molecule has 2 aromatic rings. The fourth-order valence-electron chi connectivity index (χ4n) is 4.96. The predicted octanol–water partition coefficient (Wildman–Crippen LogP) is 5.75. The molecule has 2 unspecified atom stereocenters. The Morgan fingerprint density at radius 3 is 1.18 bits per heavy atom. The molecule has 10 nitrogen and oxygen atoms in total. The molecule has 44 heavy (non-hydrogen) atoms. The van der Waals surface area contributed by atoms with Crippen LogP contribution in [0.1, 0.15) is 101 Å². The predicted molar refractivity (Wildman–Crippen MR) is 167 cm³/mol. The van der Waals surface area contributed by atoms with Crippen LogP contribution in [0.25, 0.3) is 0 Å². The molecule has 4 N–H and O–H groups in total. The number of aromatic hydroxyl groups is 4. The number of rotatable bonds is 13. The van der Waals surface area contributed by atoms with Gasteiger partial charge in [0.05, 0.1) is 38.3 Å². The third kappa shape index (κ3) is 9.01. The van der Waals surface area contributed by atoms with Crippen molar-refractivity contribution in [2.75, 3.05) is 39.6 Å². The first-order chi connectivity index (χ1) is 20.3. The van der Waals surface area contributed by atoms with E-state index in [2.05, 4.69) is 0 Å². The fourth-order valence-corrected chi connectivity index (χ4v) is 4.96. The fraction of sp³-hybridized carbons (Fsp3) is 0.588. The summed E-state index contributed by atoms with van der Waals surface area (Å²) in [5.41, 5.74) is 1.65. The van der Waals surface area contributed by atoms with E-state index < -0.39 is 34.6 Å². The molecule has 0 fully saturated rings. The van der Waals surface area contributed by atoms with E-state index in [-0.39, 0.29) is 62.6 Å². The second-order valence-corrected chi connectivity index (χ2v) is 13.2. The maximum atomic E-state index is 12.6. The van der Waals surface area contributed by atoms with Gasteiger partial charge in [0.15, 0.2) is 0 Å².